The zero-order valence-corrected chi connectivity index (χ0v) is 24.6. The number of aromatic amines is 1. The summed E-state index contributed by atoms with van der Waals surface area (Å²) >= 11 is 6.42. The van der Waals surface area contributed by atoms with Crippen LogP contribution in [-0.4, -0.2) is 41.2 Å². The lowest BCUT2D eigenvalue weighted by atomic mass is 9.68. The number of thiazole rings is 1. The van der Waals surface area contributed by atoms with Crippen LogP contribution in [0.5, 0.6) is 5.75 Å². The highest BCUT2D eigenvalue weighted by atomic mass is 79.9. The summed E-state index contributed by atoms with van der Waals surface area (Å²) in [5, 5.41) is 0.872. The Bertz CT molecular complexity index is 1590. The van der Waals surface area contributed by atoms with Gasteiger partial charge in [-0.1, -0.05) is 45.5 Å². The number of ether oxygens (including phenoxy) is 2. The van der Waals surface area contributed by atoms with Gasteiger partial charge in [0.25, 0.3) is 0 Å². The molecule has 3 heterocycles. The van der Waals surface area contributed by atoms with Gasteiger partial charge in [-0.2, -0.15) is 0 Å². The van der Waals surface area contributed by atoms with E-state index in [2.05, 4.69) is 20.9 Å². The number of thioether (sulfide) groups is 1. The first kappa shape index (κ1) is 26.0. The monoisotopic (exact) mass is 640 g/mol. The van der Waals surface area contributed by atoms with Gasteiger partial charge in [0.05, 0.1) is 29.2 Å². The summed E-state index contributed by atoms with van der Waals surface area (Å²) in [5.41, 5.74) is 1.47. The molecule has 0 spiro atoms. The highest BCUT2D eigenvalue weighted by Gasteiger charge is 2.69. The van der Waals surface area contributed by atoms with E-state index in [1.807, 2.05) is 36.4 Å². The number of nitrogens with zero attached hydrogens (tertiary/aromatic N) is 1. The fraction of sp³-hybridized carbons (Fsp3) is 0.379. The third-order valence-corrected chi connectivity index (χ3v) is 11.8. The number of anilines is 1. The van der Waals surface area contributed by atoms with Gasteiger partial charge in [0.1, 0.15) is 5.75 Å². The van der Waals surface area contributed by atoms with Gasteiger partial charge >= 0.3 is 10.8 Å². The van der Waals surface area contributed by atoms with Crippen LogP contribution < -0.4 is 14.5 Å². The largest absolute Gasteiger partial charge is 0.482 e. The average Bonchev–Trinajstić information content (AvgIpc) is 3.67. The predicted molar refractivity (Wildman–Crippen MR) is 154 cm³/mol. The van der Waals surface area contributed by atoms with Gasteiger partial charge in [-0.15, -0.1) is 11.8 Å². The molecule has 0 radical (unpaired) electrons. The lowest BCUT2D eigenvalue weighted by Crippen LogP contribution is -2.42. The lowest BCUT2D eigenvalue weighted by molar-refractivity contribution is -0.145. The van der Waals surface area contributed by atoms with E-state index in [1.165, 1.54) is 16.2 Å². The second kappa shape index (κ2) is 9.88. The molecule has 40 heavy (non-hydrogen) atoms. The highest BCUT2D eigenvalue weighted by molar-refractivity contribution is 9.10. The van der Waals surface area contributed by atoms with Crippen LogP contribution in [0.1, 0.15) is 29.7 Å². The third kappa shape index (κ3) is 3.92. The molecule has 2 aromatic carbocycles. The minimum absolute atomic E-state index is 0.0157. The molecule has 1 aromatic heterocycles. The van der Waals surface area contributed by atoms with Crippen molar-refractivity contribution in [1.82, 2.24) is 4.98 Å². The lowest BCUT2D eigenvalue weighted by Gasteiger charge is -2.43. The van der Waals surface area contributed by atoms with Crippen molar-refractivity contribution in [1.29, 1.82) is 0 Å². The molecule has 4 aliphatic rings. The predicted octanol–water partition coefficient (Wildman–Crippen LogP) is 4.82. The molecule has 3 aromatic rings. The van der Waals surface area contributed by atoms with Gasteiger partial charge < -0.3 is 14.5 Å². The second-order valence-corrected chi connectivity index (χ2v) is 13.7. The van der Waals surface area contributed by atoms with Gasteiger partial charge in [-0.25, -0.2) is 4.79 Å². The summed E-state index contributed by atoms with van der Waals surface area (Å²) in [4.78, 5) is 57.5. The molecule has 2 amide bonds. The van der Waals surface area contributed by atoms with Crippen molar-refractivity contribution in [2.24, 2.45) is 29.6 Å². The van der Waals surface area contributed by atoms with E-state index in [1.54, 1.807) is 30.8 Å². The van der Waals surface area contributed by atoms with Crippen molar-refractivity contribution in [3.8, 4) is 5.75 Å². The second-order valence-electron chi connectivity index (χ2n) is 10.6. The number of nitrogens with one attached hydrogen (secondary N) is 1. The molecule has 2 saturated carbocycles. The average molecular weight is 642 g/mol. The molecule has 1 saturated heterocycles. The van der Waals surface area contributed by atoms with E-state index in [0.717, 1.165) is 26.4 Å². The summed E-state index contributed by atoms with van der Waals surface area (Å²) < 4.78 is 11.9. The number of aromatic nitrogens is 1. The van der Waals surface area contributed by atoms with Crippen LogP contribution in [0.3, 0.4) is 0 Å². The quantitative estimate of drug-likeness (QED) is 0.304. The smallest absolute Gasteiger partial charge is 0.344 e. The van der Waals surface area contributed by atoms with Crippen molar-refractivity contribution in [3.63, 3.8) is 0 Å². The molecule has 3 fully saturated rings. The molecule has 8 nitrogen and oxygen atoms in total. The Morgan fingerprint density at radius 1 is 1.07 bits per heavy atom. The number of H-pyrrole nitrogens is 1. The standard InChI is InChI=1S/C29H25BrN2O6S2/c1-2-37-19(33)12-38-18-9-8-13(30)10-15(18)20-21-16-11-17(24(21)39-26-25(20)40-29(36)31-26)23-22(16)27(34)32(28(23)35)14-6-4-3-5-7-14/h3-10,16-17,20-24H,2,11-12H2,1H3,(H,31,36)/t16-,17-,20+,21-,22+,23+,24-/m1/s1. The molecular weight excluding hydrogens is 616 g/mol. The number of fused-ring (bicyclic) bond motifs is 9. The SMILES string of the molecule is CCOC(=O)COc1ccc(Br)cc1[C@@H]1c2sc(=O)[nH]c2S[C@@H]2[C@@H]3C[C@@H]([C@@H]4C(=O)N(c5ccccc5)C(=O)[C@@H]34)[C@H]12. The number of rotatable bonds is 6. The third-order valence-electron chi connectivity index (χ3n) is 8.70. The Labute approximate surface area is 246 Å². The summed E-state index contributed by atoms with van der Waals surface area (Å²) in [6, 6.07) is 14.8. The molecule has 1 N–H and O–H groups in total. The summed E-state index contributed by atoms with van der Waals surface area (Å²) in [6.07, 6.45) is 0.792. The molecule has 2 aliphatic carbocycles. The molecule has 2 bridgehead atoms. The number of hydrogen-bond acceptors (Lipinski definition) is 8. The normalized spacial score (nSPS) is 29.8. The first-order chi connectivity index (χ1) is 19.4. The molecular formula is C29H25BrN2O6S2. The number of carbonyl (C=O) groups excluding carboxylic acids is 3. The maximum Gasteiger partial charge on any atom is 0.344 e. The number of imide groups is 1. The Hall–Kier alpha value is -2.89. The fourth-order valence-electron chi connectivity index (χ4n) is 7.43. The zero-order chi connectivity index (χ0) is 27.7. The van der Waals surface area contributed by atoms with Gasteiger partial charge in [0.15, 0.2) is 6.61 Å². The first-order valence-electron chi connectivity index (χ1n) is 13.3. The summed E-state index contributed by atoms with van der Waals surface area (Å²) in [7, 11) is 0. The van der Waals surface area contributed by atoms with Crippen molar-refractivity contribution in [3.05, 3.63) is 73.1 Å². The maximum absolute atomic E-state index is 13.9. The van der Waals surface area contributed by atoms with Crippen molar-refractivity contribution in [2.45, 2.75) is 29.5 Å². The van der Waals surface area contributed by atoms with Gasteiger partial charge in [0.2, 0.25) is 11.8 Å². The van der Waals surface area contributed by atoms with E-state index in [4.69, 9.17) is 9.47 Å². The summed E-state index contributed by atoms with van der Waals surface area (Å²) in [5.74, 6) is -1.14. The molecule has 11 heteroatoms. The minimum atomic E-state index is -0.459. The Morgan fingerprint density at radius 3 is 2.58 bits per heavy atom. The molecule has 7 rings (SSSR count). The topological polar surface area (TPSA) is 106 Å². The molecule has 7 atom stereocenters. The van der Waals surface area contributed by atoms with E-state index >= 15 is 0 Å². The van der Waals surface area contributed by atoms with Gasteiger partial charge in [-0.05, 0) is 61.4 Å². The number of carbonyl (C=O) groups is 3. The zero-order valence-electron chi connectivity index (χ0n) is 21.4. The van der Waals surface area contributed by atoms with E-state index in [9.17, 15) is 19.2 Å². The van der Waals surface area contributed by atoms with Crippen molar-refractivity contribution in [2.75, 3.05) is 18.1 Å². The van der Waals surface area contributed by atoms with E-state index in [0.29, 0.717) is 11.4 Å². The number of esters is 1. The van der Waals surface area contributed by atoms with Gasteiger partial charge in [-0.3, -0.25) is 19.3 Å². The minimum Gasteiger partial charge on any atom is -0.482 e. The van der Waals surface area contributed by atoms with Crippen molar-refractivity contribution < 1.29 is 23.9 Å². The fourth-order valence-corrected chi connectivity index (χ4v) is 10.7. The Balaban J connectivity index is 1.31. The number of halogens is 1. The maximum atomic E-state index is 13.9. The van der Waals surface area contributed by atoms with Crippen LogP contribution in [-0.2, 0) is 19.1 Å². The van der Waals surface area contributed by atoms with Crippen LogP contribution in [0.15, 0.2) is 62.8 Å². The number of benzene rings is 2. The number of amides is 2. The highest BCUT2D eigenvalue weighted by Crippen LogP contribution is 2.69. The van der Waals surface area contributed by atoms with Crippen LogP contribution in [0, 0.1) is 29.6 Å². The molecule has 2 aliphatic heterocycles. The first-order valence-corrected chi connectivity index (χ1v) is 15.8. The van der Waals surface area contributed by atoms with Crippen LogP contribution in [0.25, 0.3) is 0 Å². The van der Waals surface area contributed by atoms with Gasteiger partial charge in [0, 0.05) is 26.1 Å². The number of para-hydroxylation sites is 1. The van der Waals surface area contributed by atoms with Crippen LogP contribution in [0.4, 0.5) is 5.69 Å². The van der Waals surface area contributed by atoms with E-state index < -0.39 is 11.9 Å². The summed E-state index contributed by atoms with van der Waals surface area (Å²) in [6.45, 7) is 1.77. The Morgan fingerprint density at radius 2 is 1.82 bits per heavy atom. The van der Waals surface area contributed by atoms with Crippen molar-refractivity contribution >= 4 is 62.5 Å². The molecule has 0 unspecified atom stereocenters. The Kier molecular flexibility index (Phi) is 6.43. The van der Waals surface area contributed by atoms with Crippen LogP contribution in [0.2, 0.25) is 0 Å². The molecule has 206 valence electrons. The van der Waals surface area contributed by atoms with Crippen LogP contribution >= 0.6 is 39.0 Å². The number of hydrogen-bond donors (Lipinski definition) is 1. The van der Waals surface area contributed by atoms with E-state index in [-0.39, 0.29) is 64.7 Å².